The summed E-state index contributed by atoms with van der Waals surface area (Å²) in [5, 5.41) is 4.61. The Labute approximate surface area is 183 Å². The van der Waals surface area contributed by atoms with Crippen LogP contribution in [-0.2, 0) is 4.79 Å². The van der Waals surface area contributed by atoms with Gasteiger partial charge >= 0.3 is 0 Å². The number of hydrogen-bond acceptors (Lipinski definition) is 2. The topological polar surface area (TPSA) is 32.3 Å². The van der Waals surface area contributed by atoms with Crippen molar-refractivity contribution in [2.75, 3.05) is 4.90 Å². The molecule has 1 N–H and O–H groups in total. The van der Waals surface area contributed by atoms with Crippen LogP contribution in [0.1, 0.15) is 31.2 Å². The van der Waals surface area contributed by atoms with Crippen molar-refractivity contribution in [3.05, 3.63) is 62.5 Å². The summed E-state index contributed by atoms with van der Waals surface area (Å²) < 4.78 is 1.14. The molecule has 0 aromatic heterocycles. The van der Waals surface area contributed by atoms with Gasteiger partial charge in [0, 0.05) is 14.5 Å². The van der Waals surface area contributed by atoms with Crippen molar-refractivity contribution in [2.45, 2.75) is 38.1 Å². The van der Waals surface area contributed by atoms with E-state index in [2.05, 4.69) is 40.3 Å². The zero-order valence-corrected chi connectivity index (χ0v) is 18.7. The number of carbonyl (C=O) groups is 1. The molecule has 2 fully saturated rings. The van der Waals surface area contributed by atoms with Crippen molar-refractivity contribution in [1.29, 1.82) is 0 Å². The van der Waals surface area contributed by atoms with E-state index in [1.54, 1.807) is 18.2 Å². The summed E-state index contributed by atoms with van der Waals surface area (Å²) >= 11 is 20.6. The molecule has 1 amide bonds. The minimum Gasteiger partial charge on any atom is -0.348 e. The Morgan fingerprint density at radius 2 is 1.63 bits per heavy atom. The molecule has 1 aliphatic heterocycles. The van der Waals surface area contributed by atoms with Crippen LogP contribution in [0.4, 0.5) is 5.69 Å². The molecule has 2 aromatic rings. The Morgan fingerprint density at radius 1 is 1.07 bits per heavy atom. The maximum Gasteiger partial charge on any atom is 0.259 e. The minimum absolute atomic E-state index is 0.00772. The summed E-state index contributed by atoms with van der Waals surface area (Å²) in [5.74, 6) is 0.00772. The number of carbonyl (C=O) groups excluding carboxylic acids is 1. The Kier molecular flexibility index (Phi) is 6.46. The van der Waals surface area contributed by atoms with Crippen molar-refractivity contribution in [2.24, 2.45) is 0 Å². The van der Waals surface area contributed by atoms with Crippen LogP contribution in [0.5, 0.6) is 0 Å². The fraction of sp³-hybridized carbons (Fsp3) is 0.300. The third kappa shape index (κ3) is 4.65. The first-order valence-corrected chi connectivity index (χ1v) is 10.6. The van der Waals surface area contributed by atoms with Gasteiger partial charge in [-0.2, -0.15) is 0 Å². The highest BCUT2D eigenvalue weighted by atomic mass is 79.9. The first-order valence-electron chi connectivity index (χ1n) is 8.66. The van der Waals surface area contributed by atoms with Gasteiger partial charge in [0.05, 0.1) is 5.69 Å². The number of hydrogen-bond donors (Lipinski definition) is 1. The smallest absolute Gasteiger partial charge is 0.259 e. The number of halogens is 3. The third-order valence-corrected chi connectivity index (χ3v) is 5.99. The number of rotatable bonds is 1. The standard InChI is InChI=1S/C13H12Cl2N2OS.C7H7Br/c14-8-5-9(15)7-10(6-8)17-11(18)13(16-12(17)19)3-1-2-4-13;1-6-2-4-7(8)5-3-6/h5-7H,1-4H2,(H,16,19);2-5H,1H3. The third-order valence-electron chi connectivity index (χ3n) is 4.74. The molecule has 4 rings (SSSR count). The van der Waals surface area contributed by atoms with Crippen LogP contribution < -0.4 is 10.2 Å². The molecule has 3 nitrogen and oxygen atoms in total. The molecule has 0 atom stereocenters. The molecule has 0 bridgehead atoms. The number of amides is 1. The largest absolute Gasteiger partial charge is 0.348 e. The monoisotopic (exact) mass is 484 g/mol. The average Bonchev–Trinajstić information content (AvgIpc) is 3.16. The highest BCUT2D eigenvalue weighted by molar-refractivity contribution is 9.10. The van der Waals surface area contributed by atoms with Gasteiger partial charge in [0.1, 0.15) is 5.54 Å². The number of aryl methyl sites for hydroxylation is 1. The van der Waals surface area contributed by atoms with E-state index in [0.29, 0.717) is 20.8 Å². The molecule has 1 aliphatic carbocycles. The van der Waals surface area contributed by atoms with Gasteiger partial charge in [-0.3, -0.25) is 9.69 Å². The first-order chi connectivity index (χ1) is 12.8. The van der Waals surface area contributed by atoms with Crippen LogP contribution in [0.25, 0.3) is 0 Å². The summed E-state index contributed by atoms with van der Waals surface area (Å²) in [4.78, 5) is 14.2. The van der Waals surface area contributed by atoms with E-state index in [1.807, 2.05) is 12.1 Å². The van der Waals surface area contributed by atoms with Gasteiger partial charge in [-0.05, 0) is 62.3 Å². The molecule has 2 aromatic carbocycles. The number of benzene rings is 2. The van der Waals surface area contributed by atoms with E-state index in [1.165, 1.54) is 10.5 Å². The van der Waals surface area contributed by atoms with Gasteiger partial charge in [0.2, 0.25) is 0 Å². The van der Waals surface area contributed by atoms with E-state index in [9.17, 15) is 4.79 Å². The summed E-state index contributed by atoms with van der Waals surface area (Å²) in [7, 11) is 0. The molecular weight excluding hydrogens is 467 g/mol. The molecule has 1 spiro atoms. The van der Waals surface area contributed by atoms with Crippen LogP contribution >= 0.6 is 51.3 Å². The van der Waals surface area contributed by atoms with Crippen LogP contribution in [-0.4, -0.2) is 16.6 Å². The van der Waals surface area contributed by atoms with Crippen LogP contribution in [0.3, 0.4) is 0 Å². The van der Waals surface area contributed by atoms with Crippen molar-refractivity contribution >= 4 is 68.1 Å². The molecule has 2 aliphatic rings. The van der Waals surface area contributed by atoms with E-state index in [4.69, 9.17) is 35.4 Å². The molecule has 0 radical (unpaired) electrons. The lowest BCUT2D eigenvalue weighted by atomic mass is 9.98. The molecule has 27 heavy (non-hydrogen) atoms. The van der Waals surface area contributed by atoms with E-state index in [-0.39, 0.29) is 5.91 Å². The predicted octanol–water partition coefficient (Wildman–Crippen LogP) is 6.28. The van der Waals surface area contributed by atoms with Gasteiger partial charge in [-0.1, -0.05) is 69.7 Å². The van der Waals surface area contributed by atoms with Gasteiger partial charge in [-0.15, -0.1) is 0 Å². The molecule has 1 saturated carbocycles. The SMILES string of the molecule is Cc1ccc(Br)cc1.O=C1N(c2cc(Cl)cc(Cl)c2)C(=S)NC12CCCC2. The molecule has 7 heteroatoms. The first kappa shape index (κ1) is 20.6. The van der Waals surface area contributed by atoms with Crippen molar-refractivity contribution in [3.8, 4) is 0 Å². The summed E-state index contributed by atoms with van der Waals surface area (Å²) in [6, 6.07) is 13.3. The predicted molar refractivity (Wildman–Crippen MR) is 120 cm³/mol. The van der Waals surface area contributed by atoms with E-state index >= 15 is 0 Å². The maximum atomic E-state index is 12.7. The Hall–Kier alpha value is -1.14. The number of nitrogens with zero attached hydrogens (tertiary/aromatic N) is 1. The Bertz CT molecular complexity index is 826. The summed E-state index contributed by atoms with van der Waals surface area (Å²) in [6.07, 6.45) is 3.75. The van der Waals surface area contributed by atoms with Crippen LogP contribution in [0.2, 0.25) is 10.0 Å². The fourth-order valence-electron chi connectivity index (χ4n) is 3.37. The number of anilines is 1. The highest BCUT2D eigenvalue weighted by Crippen LogP contribution is 2.38. The normalized spacial score (nSPS) is 17.7. The molecule has 0 unspecified atom stereocenters. The molecular formula is C20H19BrCl2N2OS. The maximum absolute atomic E-state index is 12.7. The van der Waals surface area contributed by atoms with Gasteiger partial charge in [0.15, 0.2) is 5.11 Å². The molecule has 142 valence electrons. The van der Waals surface area contributed by atoms with Gasteiger partial charge in [-0.25, -0.2) is 0 Å². The van der Waals surface area contributed by atoms with Crippen LogP contribution in [0, 0.1) is 6.92 Å². The average molecular weight is 486 g/mol. The molecule has 1 heterocycles. The number of thiocarbonyl (C=S) groups is 1. The fourth-order valence-corrected chi connectivity index (χ4v) is 4.54. The number of nitrogens with one attached hydrogen (secondary N) is 1. The second-order valence-corrected chi connectivity index (χ2v) is 8.96. The lowest BCUT2D eigenvalue weighted by Crippen LogP contribution is -2.44. The summed E-state index contributed by atoms with van der Waals surface area (Å²) in [5.41, 5.74) is 1.42. The highest BCUT2D eigenvalue weighted by Gasteiger charge is 2.51. The minimum atomic E-state index is -0.508. The molecule has 1 saturated heterocycles. The zero-order valence-electron chi connectivity index (χ0n) is 14.8. The van der Waals surface area contributed by atoms with Gasteiger partial charge < -0.3 is 5.32 Å². The Morgan fingerprint density at radius 3 is 2.15 bits per heavy atom. The zero-order chi connectivity index (χ0) is 19.6. The second kappa shape index (κ2) is 8.48. The summed E-state index contributed by atoms with van der Waals surface area (Å²) in [6.45, 7) is 2.08. The van der Waals surface area contributed by atoms with Crippen molar-refractivity contribution in [1.82, 2.24) is 5.32 Å². The van der Waals surface area contributed by atoms with E-state index in [0.717, 1.165) is 30.2 Å². The van der Waals surface area contributed by atoms with E-state index < -0.39 is 5.54 Å². The lowest BCUT2D eigenvalue weighted by Gasteiger charge is -2.20. The van der Waals surface area contributed by atoms with Crippen molar-refractivity contribution in [3.63, 3.8) is 0 Å². The lowest BCUT2D eigenvalue weighted by molar-refractivity contribution is -0.121. The second-order valence-electron chi connectivity index (χ2n) is 6.78. The van der Waals surface area contributed by atoms with Gasteiger partial charge in [0.25, 0.3) is 5.91 Å². The quantitative estimate of drug-likeness (QED) is 0.482. The Balaban J connectivity index is 0.000000221. The van der Waals surface area contributed by atoms with Crippen molar-refractivity contribution < 1.29 is 4.79 Å². The van der Waals surface area contributed by atoms with Crippen LogP contribution in [0.15, 0.2) is 46.9 Å².